The molecule has 0 aliphatic heterocycles. The first-order valence-electron chi connectivity index (χ1n) is 9.84. The van der Waals surface area contributed by atoms with E-state index in [-0.39, 0.29) is 28.6 Å². The van der Waals surface area contributed by atoms with Gasteiger partial charge in [0.05, 0.1) is 5.41 Å². The van der Waals surface area contributed by atoms with Crippen molar-refractivity contribution in [3.63, 3.8) is 0 Å². The van der Waals surface area contributed by atoms with E-state index in [0.29, 0.717) is 30.4 Å². The highest BCUT2D eigenvalue weighted by Gasteiger charge is 2.63. The number of rotatable bonds is 0. The summed E-state index contributed by atoms with van der Waals surface area (Å²) in [5.74, 6) is 0.651. The van der Waals surface area contributed by atoms with Gasteiger partial charge in [-0.1, -0.05) is 35.8 Å². The highest BCUT2D eigenvalue weighted by atomic mass is 16.4. The van der Waals surface area contributed by atoms with Crippen molar-refractivity contribution < 1.29 is 20.0 Å². The Kier molecular flexibility index (Phi) is 3.76. The SMILES string of the molecule is CC1(C)C(=O)/C(=N\O)CC2(C)C1=CCC1C3C/C(=N/O)C(=O)C3(C)CCC12. The first-order valence-corrected chi connectivity index (χ1v) is 9.84. The molecular weight excluding hydrogens is 344 g/mol. The molecule has 4 rings (SSSR count). The summed E-state index contributed by atoms with van der Waals surface area (Å²) in [6.45, 7) is 8.06. The van der Waals surface area contributed by atoms with Crippen molar-refractivity contribution in [2.75, 3.05) is 0 Å². The Labute approximate surface area is 159 Å². The number of ketones is 2. The normalized spacial score (nSPS) is 46.1. The van der Waals surface area contributed by atoms with Crippen LogP contribution in [0.15, 0.2) is 22.0 Å². The number of hydrogen-bond acceptors (Lipinski definition) is 6. The molecule has 0 amide bonds. The summed E-state index contributed by atoms with van der Waals surface area (Å²) >= 11 is 0. The standard InChI is InChI=1S/C21H28N2O4/c1-19(2)16-6-5-11-12(21(16,4)10-15(23-27)17(19)24)7-8-20(3)13(11)9-14(22-26)18(20)25/h6,11-13,26-27H,5,7-10H2,1-4H3/b22-14-,23-15-. The molecular formula is C21H28N2O4. The van der Waals surface area contributed by atoms with Gasteiger partial charge in [0, 0.05) is 18.3 Å². The molecule has 0 heterocycles. The van der Waals surface area contributed by atoms with Crippen molar-refractivity contribution in [2.45, 2.75) is 59.8 Å². The van der Waals surface area contributed by atoms with Crippen molar-refractivity contribution in [1.82, 2.24) is 0 Å². The quantitative estimate of drug-likeness (QED) is 0.385. The van der Waals surface area contributed by atoms with Crippen molar-refractivity contribution in [2.24, 2.45) is 44.3 Å². The van der Waals surface area contributed by atoms with E-state index in [4.69, 9.17) is 0 Å². The number of allylic oxidation sites excluding steroid dienone is 2. The highest BCUT2D eigenvalue weighted by Crippen LogP contribution is 2.65. The maximum Gasteiger partial charge on any atom is 0.190 e. The second-order valence-electron chi connectivity index (χ2n) is 9.86. The van der Waals surface area contributed by atoms with Crippen molar-refractivity contribution >= 4 is 23.0 Å². The van der Waals surface area contributed by atoms with Gasteiger partial charge in [-0.25, -0.2) is 0 Å². The third kappa shape index (κ3) is 2.13. The molecule has 2 N–H and O–H groups in total. The molecule has 4 aliphatic carbocycles. The summed E-state index contributed by atoms with van der Waals surface area (Å²) in [7, 11) is 0. The zero-order chi connectivity index (χ0) is 19.8. The molecule has 6 heteroatoms. The van der Waals surface area contributed by atoms with Crippen LogP contribution in [-0.4, -0.2) is 33.4 Å². The van der Waals surface area contributed by atoms with E-state index in [9.17, 15) is 20.0 Å². The van der Waals surface area contributed by atoms with Gasteiger partial charge in [0.15, 0.2) is 11.6 Å². The maximum absolute atomic E-state index is 12.8. The van der Waals surface area contributed by atoms with Crippen molar-refractivity contribution in [1.29, 1.82) is 0 Å². The Morgan fingerprint density at radius 2 is 1.63 bits per heavy atom. The van der Waals surface area contributed by atoms with Gasteiger partial charge < -0.3 is 10.4 Å². The van der Waals surface area contributed by atoms with Crippen LogP contribution in [0.1, 0.15) is 59.8 Å². The zero-order valence-electron chi connectivity index (χ0n) is 16.5. The lowest BCUT2D eigenvalue weighted by molar-refractivity contribution is -0.129. The smallest absolute Gasteiger partial charge is 0.190 e. The van der Waals surface area contributed by atoms with E-state index >= 15 is 0 Å². The number of nitrogens with zero attached hydrogens (tertiary/aromatic N) is 2. The summed E-state index contributed by atoms with van der Waals surface area (Å²) in [4.78, 5) is 25.5. The molecule has 5 atom stereocenters. The number of Topliss-reactive ketones (excluding diaryl/α,β-unsaturated/α-hetero) is 2. The topological polar surface area (TPSA) is 99.3 Å². The Morgan fingerprint density at radius 3 is 2.26 bits per heavy atom. The van der Waals surface area contributed by atoms with Crippen LogP contribution in [0, 0.1) is 34.0 Å². The lowest BCUT2D eigenvalue weighted by Gasteiger charge is -2.58. The van der Waals surface area contributed by atoms with Crippen LogP contribution in [0.3, 0.4) is 0 Å². The van der Waals surface area contributed by atoms with Crippen molar-refractivity contribution in [3.05, 3.63) is 11.6 Å². The molecule has 6 nitrogen and oxygen atoms in total. The molecule has 5 unspecified atom stereocenters. The van der Waals surface area contributed by atoms with Gasteiger partial charge in [0.1, 0.15) is 11.4 Å². The number of fused-ring (bicyclic) bond motifs is 5. The van der Waals surface area contributed by atoms with E-state index in [1.165, 1.54) is 0 Å². The Hall–Kier alpha value is -1.98. The molecule has 3 fully saturated rings. The van der Waals surface area contributed by atoms with E-state index in [1.807, 2.05) is 20.8 Å². The van der Waals surface area contributed by atoms with Crippen LogP contribution in [0.5, 0.6) is 0 Å². The predicted octanol–water partition coefficient (Wildman–Crippen LogP) is 3.60. The lowest BCUT2D eigenvalue weighted by Crippen LogP contribution is -2.56. The number of oxime groups is 2. The van der Waals surface area contributed by atoms with Gasteiger partial charge >= 0.3 is 0 Å². The lowest BCUT2D eigenvalue weighted by atomic mass is 9.45. The van der Waals surface area contributed by atoms with E-state index in [1.54, 1.807) is 0 Å². The van der Waals surface area contributed by atoms with E-state index in [2.05, 4.69) is 23.3 Å². The summed E-state index contributed by atoms with van der Waals surface area (Å²) in [5.41, 5.74) is 0.318. The van der Waals surface area contributed by atoms with Crippen LogP contribution in [0.25, 0.3) is 0 Å². The molecule has 0 aromatic rings. The van der Waals surface area contributed by atoms with E-state index < -0.39 is 10.8 Å². The molecule has 0 saturated heterocycles. The molecule has 3 saturated carbocycles. The van der Waals surface area contributed by atoms with Crippen LogP contribution < -0.4 is 0 Å². The first kappa shape index (κ1) is 18.4. The minimum absolute atomic E-state index is 0.00913. The average molecular weight is 372 g/mol. The Balaban J connectivity index is 1.80. The third-order valence-electron chi connectivity index (χ3n) is 8.33. The second-order valence-corrected chi connectivity index (χ2v) is 9.86. The average Bonchev–Trinajstić information content (AvgIpc) is 2.89. The minimum atomic E-state index is -0.677. The number of carbonyl (C=O) groups is 2. The predicted molar refractivity (Wildman–Crippen MR) is 100 cm³/mol. The first-order chi connectivity index (χ1) is 12.6. The second kappa shape index (κ2) is 5.52. The largest absolute Gasteiger partial charge is 0.411 e. The Bertz CT molecular complexity index is 824. The van der Waals surface area contributed by atoms with Crippen molar-refractivity contribution in [3.8, 4) is 0 Å². The molecule has 0 aromatic carbocycles. The molecule has 27 heavy (non-hydrogen) atoms. The third-order valence-corrected chi connectivity index (χ3v) is 8.33. The van der Waals surface area contributed by atoms with Crippen LogP contribution in [0.4, 0.5) is 0 Å². The monoisotopic (exact) mass is 372 g/mol. The maximum atomic E-state index is 12.8. The van der Waals surface area contributed by atoms with Gasteiger partial charge in [-0.15, -0.1) is 0 Å². The summed E-state index contributed by atoms with van der Waals surface area (Å²) in [6.07, 6.45) is 5.66. The zero-order valence-corrected chi connectivity index (χ0v) is 16.5. The van der Waals surface area contributed by atoms with Gasteiger partial charge in [0.25, 0.3) is 0 Å². The fraction of sp³-hybridized carbons (Fsp3) is 0.714. The highest BCUT2D eigenvalue weighted by molar-refractivity contribution is 6.44. The Morgan fingerprint density at radius 1 is 0.963 bits per heavy atom. The van der Waals surface area contributed by atoms with Gasteiger partial charge in [-0.3, -0.25) is 9.59 Å². The molecule has 0 aromatic heterocycles. The molecule has 0 bridgehead atoms. The fourth-order valence-electron chi connectivity index (χ4n) is 6.98. The molecule has 4 aliphatic rings. The van der Waals surface area contributed by atoms with Crippen LogP contribution in [-0.2, 0) is 9.59 Å². The van der Waals surface area contributed by atoms with Gasteiger partial charge in [0.2, 0.25) is 0 Å². The molecule has 0 radical (unpaired) electrons. The summed E-state index contributed by atoms with van der Waals surface area (Å²) < 4.78 is 0. The van der Waals surface area contributed by atoms with Crippen LogP contribution in [0.2, 0.25) is 0 Å². The number of hydrogen-bond donors (Lipinski definition) is 2. The van der Waals surface area contributed by atoms with E-state index in [0.717, 1.165) is 24.8 Å². The van der Waals surface area contributed by atoms with Gasteiger partial charge in [-0.05, 0) is 56.3 Å². The fourth-order valence-corrected chi connectivity index (χ4v) is 6.98. The molecule has 146 valence electrons. The number of carbonyl (C=O) groups excluding carboxylic acids is 2. The van der Waals surface area contributed by atoms with Gasteiger partial charge in [-0.2, -0.15) is 0 Å². The molecule has 0 spiro atoms. The summed E-state index contributed by atoms with van der Waals surface area (Å²) in [6, 6.07) is 0. The van der Waals surface area contributed by atoms with Crippen LogP contribution >= 0.6 is 0 Å². The minimum Gasteiger partial charge on any atom is -0.411 e. The summed E-state index contributed by atoms with van der Waals surface area (Å²) in [5, 5.41) is 25.4.